The number of Topliss-reactive ketones (excluding diaryl/α,β-unsaturated/α-hetero) is 1. The summed E-state index contributed by atoms with van der Waals surface area (Å²) in [5, 5.41) is 5.69. The Morgan fingerprint density at radius 3 is 2.89 bits per heavy atom. The minimum atomic E-state index is -0.462. The van der Waals surface area contributed by atoms with E-state index >= 15 is 0 Å². The Hall–Kier alpha value is -1.16. The number of piperidine rings is 1. The Bertz CT molecular complexity index is 750. The molecule has 1 aromatic heterocycles. The molecular weight excluding hydrogens is 412 g/mol. The van der Waals surface area contributed by atoms with Crippen molar-refractivity contribution in [2.24, 2.45) is 5.41 Å². The first kappa shape index (κ1) is 21.5. The summed E-state index contributed by atoms with van der Waals surface area (Å²) >= 11 is 2.58. The number of hydrogen-bond donors (Lipinski definition) is 1. The molecule has 2 amide bonds. The first-order valence-electron chi connectivity index (χ1n) is 9.56. The third kappa shape index (κ3) is 4.87. The summed E-state index contributed by atoms with van der Waals surface area (Å²) in [5.41, 5.74) is 0.544. The highest BCUT2D eigenvalue weighted by atomic mass is 32.2. The van der Waals surface area contributed by atoms with Crippen LogP contribution in [0.15, 0.2) is 16.8 Å². The zero-order chi connectivity index (χ0) is 20.5. The van der Waals surface area contributed by atoms with Gasteiger partial charge in [-0.15, -0.1) is 0 Å². The molecule has 3 atom stereocenters. The third-order valence-corrected chi connectivity index (χ3v) is 8.19. The van der Waals surface area contributed by atoms with Gasteiger partial charge in [0, 0.05) is 22.2 Å². The molecular formula is C19H28N2O4S2Si. The molecule has 1 aromatic rings. The number of carbonyl (C=O) groups is 3. The Kier molecular flexibility index (Phi) is 6.38. The number of nitrogens with one attached hydrogen (secondary N) is 1. The van der Waals surface area contributed by atoms with Crippen LogP contribution < -0.4 is 5.32 Å². The fourth-order valence-corrected chi connectivity index (χ4v) is 6.96. The normalized spacial score (nSPS) is 26.2. The van der Waals surface area contributed by atoms with Crippen LogP contribution in [0.4, 0.5) is 4.79 Å². The quantitative estimate of drug-likeness (QED) is 0.574. The van der Waals surface area contributed by atoms with Gasteiger partial charge in [0.1, 0.15) is 12.6 Å². The van der Waals surface area contributed by atoms with Crippen molar-refractivity contribution in [2.45, 2.75) is 56.7 Å². The average molecular weight is 441 g/mol. The smallest absolute Gasteiger partial charge is 0.284 e. The standard InChI is InChI=1S/C19H28N2O4S2Si/c1-18(2,3)9-14(20-16(23)12-5-8-26-11-12)27-17(24)21-7-4-6-19(28)15(21)13(22)10-25-19/h5,8,11,14-15H,4,6-7,9-10H2,1-3,28H3,(H,20,23)/t14-,15?,19+/m1/s1. The Labute approximate surface area is 177 Å². The molecule has 28 heavy (non-hydrogen) atoms. The number of hydrogen-bond acceptors (Lipinski definition) is 6. The van der Waals surface area contributed by atoms with Crippen molar-refractivity contribution in [2.75, 3.05) is 13.2 Å². The molecule has 0 aromatic carbocycles. The highest BCUT2D eigenvalue weighted by Crippen LogP contribution is 2.37. The van der Waals surface area contributed by atoms with Gasteiger partial charge in [-0.1, -0.05) is 20.8 Å². The van der Waals surface area contributed by atoms with Crippen molar-refractivity contribution < 1.29 is 19.1 Å². The molecule has 0 radical (unpaired) electrons. The van der Waals surface area contributed by atoms with Gasteiger partial charge in [0.25, 0.3) is 11.1 Å². The van der Waals surface area contributed by atoms with Crippen LogP contribution in [0, 0.1) is 5.41 Å². The van der Waals surface area contributed by atoms with Crippen LogP contribution in [0.1, 0.15) is 50.4 Å². The lowest BCUT2D eigenvalue weighted by Gasteiger charge is -2.42. The molecule has 2 fully saturated rings. The summed E-state index contributed by atoms with van der Waals surface area (Å²) in [4.78, 5) is 39.8. The van der Waals surface area contributed by atoms with Gasteiger partial charge < -0.3 is 15.0 Å². The van der Waals surface area contributed by atoms with Crippen LogP contribution in [0.25, 0.3) is 0 Å². The SMILES string of the molecule is CC(C)(C)C[C@H](NC(=O)c1ccsc1)SC(=O)N1CCC[C@@]2([SiH3])OCC(=O)C12. The monoisotopic (exact) mass is 440 g/mol. The maximum absolute atomic E-state index is 13.1. The van der Waals surface area contributed by atoms with Crippen LogP contribution >= 0.6 is 23.1 Å². The number of thiophene rings is 1. The molecule has 0 aliphatic carbocycles. The second-order valence-electron chi connectivity index (χ2n) is 8.89. The van der Waals surface area contributed by atoms with Crippen LogP contribution in [0.3, 0.4) is 0 Å². The molecule has 2 aliphatic heterocycles. The summed E-state index contributed by atoms with van der Waals surface area (Å²) in [7, 11) is 0.711. The van der Waals surface area contributed by atoms with E-state index in [1.807, 2.05) is 5.38 Å². The number of rotatable bonds is 4. The number of nitrogens with zero attached hydrogens (tertiary/aromatic N) is 1. The lowest BCUT2D eigenvalue weighted by atomic mass is 9.92. The van der Waals surface area contributed by atoms with Gasteiger partial charge in [-0.25, -0.2) is 0 Å². The fourth-order valence-electron chi connectivity index (χ4n) is 3.86. The molecule has 0 saturated carbocycles. The topological polar surface area (TPSA) is 75.7 Å². The third-order valence-electron chi connectivity index (χ3n) is 5.16. The van der Waals surface area contributed by atoms with E-state index in [0.717, 1.165) is 24.6 Å². The van der Waals surface area contributed by atoms with Crippen molar-refractivity contribution in [3.05, 3.63) is 22.4 Å². The summed E-state index contributed by atoms with van der Waals surface area (Å²) in [6.45, 7) is 6.91. The van der Waals surface area contributed by atoms with Gasteiger partial charge in [0.05, 0.1) is 16.2 Å². The maximum atomic E-state index is 13.1. The zero-order valence-electron chi connectivity index (χ0n) is 16.8. The van der Waals surface area contributed by atoms with Gasteiger partial charge in [-0.3, -0.25) is 14.4 Å². The fraction of sp³-hybridized carbons (Fsp3) is 0.632. The number of ether oxygens (including phenoxy) is 1. The first-order chi connectivity index (χ1) is 13.1. The summed E-state index contributed by atoms with van der Waals surface area (Å²) in [5.74, 6) is -0.176. The number of carbonyl (C=O) groups excluding carboxylic acids is 3. The van der Waals surface area contributed by atoms with Gasteiger partial charge in [-0.2, -0.15) is 11.3 Å². The number of amides is 2. The minimum Gasteiger partial charge on any atom is -0.369 e. The van der Waals surface area contributed by atoms with E-state index in [0.29, 0.717) is 28.8 Å². The summed E-state index contributed by atoms with van der Waals surface area (Å²) in [6.07, 6.45) is 2.32. The molecule has 0 bridgehead atoms. The van der Waals surface area contributed by atoms with Gasteiger partial charge >= 0.3 is 0 Å². The van der Waals surface area contributed by atoms with E-state index in [2.05, 4.69) is 26.1 Å². The first-order valence-corrected chi connectivity index (χ1v) is 12.4. The van der Waals surface area contributed by atoms with Crippen LogP contribution in [0.2, 0.25) is 0 Å². The molecule has 154 valence electrons. The Morgan fingerprint density at radius 2 is 2.25 bits per heavy atom. The van der Waals surface area contributed by atoms with Crippen molar-refractivity contribution >= 4 is 50.3 Å². The molecule has 3 heterocycles. The van der Waals surface area contributed by atoms with E-state index in [9.17, 15) is 14.4 Å². The predicted octanol–water partition coefficient (Wildman–Crippen LogP) is 2.22. The maximum Gasteiger partial charge on any atom is 0.284 e. The second kappa shape index (κ2) is 8.29. The number of ketones is 1. The Balaban J connectivity index is 1.73. The molecule has 2 aliphatic rings. The van der Waals surface area contributed by atoms with Crippen molar-refractivity contribution in [3.63, 3.8) is 0 Å². The molecule has 0 spiro atoms. The largest absolute Gasteiger partial charge is 0.369 e. The van der Waals surface area contributed by atoms with E-state index in [4.69, 9.17) is 4.74 Å². The van der Waals surface area contributed by atoms with Crippen molar-refractivity contribution in [3.8, 4) is 0 Å². The predicted molar refractivity (Wildman–Crippen MR) is 116 cm³/mol. The van der Waals surface area contributed by atoms with E-state index in [1.165, 1.54) is 11.3 Å². The molecule has 1 N–H and O–H groups in total. The summed E-state index contributed by atoms with van der Waals surface area (Å²) in [6, 6.07) is 1.31. The average Bonchev–Trinajstić information content (AvgIpc) is 3.21. The molecule has 9 heteroatoms. The van der Waals surface area contributed by atoms with Gasteiger partial charge in [0.15, 0.2) is 5.78 Å². The van der Waals surface area contributed by atoms with E-state index in [1.54, 1.807) is 16.3 Å². The second-order valence-corrected chi connectivity index (χ2v) is 12.5. The molecule has 2 saturated heterocycles. The lowest BCUT2D eigenvalue weighted by Crippen LogP contribution is -2.58. The van der Waals surface area contributed by atoms with Crippen molar-refractivity contribution in [1.29, 1.82) is 0 Å². The molecule has 6 nitrogen and oxygen atoms in total. The summed E-state index contributed by atoms with van der Waals surface area (Å²) < 4.78 is 5.78. The van der Waals surface area contributed by atoms with Crippen LogP contribution in [0.5, 0.6) is 0 Å². The molecule has 3 rings (SSSR count). The van der Waals surface area contributed by atoms with E-state index < -0.39 is 11.3 Å². The minimum absolute atomic E-state index is 0.00155. The van der Waals surface area contributed by atoms with Crippen molar-refractivity contribution in [1.82, 2.24) is 10.2 Å². The zero-order valence-corrected chi connectivity index (χ0v) is 20.5. The molecule has 1 unspecified atom stereocenters. The Morgan fingerprint density at radius 1 is 1.50 bits per heavy atom. The number of fused-ring (bicyclic) bond motifs is 1. The van der Waals surface area contributed by atoms with Gasteiger partial charge in [0.2, 0.25) is 0 Å². The van der Waals surface area contributed by atoms with Gasteiger partial charge in [-0.05, 0) is 47.9 Å². The highest BCUT2D eigenvalue weighted by Gasteiger charge is 2.52. The highest BCUT2D eigenvalue weighted by molar-refractivity contribution is 8.14. The van der Waals surface area contributed by atoms with Crippen LogP contribution in [-0.2, 0) is 9.53 Å². The van der Waals surface area contributed by atoms with Crippen LogP contribution in [-0.4, -0.2) is 61.9 Å². The van der Waals surface area contributed by atoms with E-state index in [-0.39, 0.29) is 34.3 Å². The number of thioether (sulfide) groups is 1. The number of likely N-dealkylation sites (tertiary alicyclic amines) is 1. The lowest BCUT2D eigenvalue weighted by molar-refractivity contribution is -0.121.